The van der Waals surface area contributed by atoms with Crippen molar-refractivity contribution in [2.75, 3.05) is 25.9 Å². The molecule has 6 heteroatoms. The topological polar surface area (TPSA) is 32.3 Å². The number of hydrogen-bond donors (Lipinski definition) is 0. The first-order valence-corrected chi connectivity index (χ1v) is 8.87. The molecule has 1 aromatic heterocycles. The second-order valence-electron chi connectivity index (χ2n) is 5.63. The van der Waals surface area contributed by atoms with Crippen LogP contribution in [0.2, 0.25) is 0 Å². The van der Waals surface area contributed by atoms with E-state index in [9.17, 15) is 4.39 Å². The van der Waals surface area contributed by atoms with Crippen LogP contribution in [0.15, 0.2) is 41.7 Å². The summed E-state index contributed by atoms with van der Waals surface area (Å²) < 4.78 is 13.3. The number of aromatic nitrogens is 2. The average Bonchev–Trinajstić information content (AvgIpc) is 3.16. The molecule has 1 aromatic carbocycles. The van der Waals surface area contributed by atoms with Gasteiger partial charge in [0.05, 0.1) is 11.4 Å². The third-order valence-electron chi connectivity index (χ3n) is 4.26. The van der Waals surface area contributed by atoms with Crippen molar-refractivity contribution in [2.45, 2.75) is 11.6 Å². The lowest BCUT2D eigenvalue weighted by atomic mass is 10.0. The molecule has 1 saturated heterocycles. The largest absolute Gasteiger partial charge is 0.303 e. The first-order chi connectivity index (χ1) is 11.3. The molecular formula is C17H17FN4S. The second kappa shape index (κ2) is 5.94. The van der Waals surface area contributed by atoms with Crippen LogP contribution in [0.3, 0.4) is 0 Å². The number of rotatable bonds is 3. The molecule has 4 rings (SSSR count). The van der Waals surface area contributed by atoms with Gasteiger partial charge < -0.3 is 5.01 Å². The fourth-order valence-electron chi connectivity index (χ4n) is 3.23. The number of thioether (sulfide) groups is 1. The van der Waals surface area contributed by atoms with Gasteiger partial charge in [0.15, 0.2) is 5.16 Å². The van der Waals surface area contributed by atoms with E-state index >= 15 is 0 Å². The van der Waals surface area contributed by atoms with Crippen molar-refractivity contribution >= 4 is 23.0 Å². The van der Waals surface area contributed by atoms with E-state index in [4.69, 9.17) is 0 Å². The van der Waals surface area contributed by atoms with Crippen LogP contribution < -0.4 is 0 Å². The van der Waals surface area contributed by atoms with Gasteiger partial charge in [-0.05, 0) is 36.4 Å². The Morgan fingerprint density at radius 1 is 1.13 bits per heavy atom. The Kier molecular flexibility index (Phi) is 3.79. The molecule has 118 valence electrons. The molecule has 3 heterocycles. The maximum atomic E-state index is 13.3. The van der Waals surface area contributed by atoms with Crippen molar-refractivity contribution in [1.29, 1.82) is 0 Å². The molecular weight excluding hydrogens is 311 g/mol. The van der Waals surface area contributed by atoms with Gasteiger partial charge in [-0.15, -0.1) is 0 Å². The van der Waals surface area contributed by atoms with Gasteiger partial charge in [0.1, 0.15) is 5.82 Å². The summed E-state index contributed by atoms with van der Waals surface area (Å²) in [5, 5.41) is 5.42. The lowest BCUT2D eigenvalue weighted by Crippen LogP contribution is -2.30. The Morgan fingerprint density at radius 2 is 1.96 bits per heavy atom. The number of benzene rings is 1. The first kappa shape index (κ1) is 14.7. The molecule has 0 amide bonds. The van der Waals surface area contributed by atoms with Crippen molar-refractivity contribution in [1.82, 2.24) is 20.0 Å². The Balaban J connectivity index is 1.84. The molecule has 0 atom stereocenters. The van der Waals surface area contributed by atoms with Crippen LogP contribution in [0, 0.1) is 5.82 Å². The highest BCUT2D eigenvalue weighted by atomic mass is 32.2. The third-order valence-corrected chi connectivity index (χ3v) is 4.83. The monoisotopic (exact) mass is 328 g/mol. The van der Waals surface area contributed by atoms with Crippen LogP contribution in [0.25, 0.3) is 11.3 Å². The predicted molar refractivity (Wildman–Crippen MR) is 89.9 cm³/mol. The lowest BCUT2D eigenvalue weighted by Gasteiger charge is -2.23. The molecule has 1 fully saturated rings. The van der Waals surface area contributed by atoms with Crippen molar-refractivity contribution in [3.63, 3.8) is 0 Å². The van der Waals surface area contributed by atoms with Crippen molar-refractivity contribution in [2.24, 2.45) is 0 Å². The highest BCUT2D eigenvalue weighted by molar-refractivity contribution is 7.98. The van der Waals surface area contributed by atoms with Crippen molar-refractivity contribution < 1.29 is 4.39 Å². The van der Waals surface area contributed by atoms with Crippen LogP contribution >= 0.6 is 11.8 Å². The van der Waals surface area contributed by atoms with Crippen molar-refractivity contribution in [3.8, 4) is 0 Å². The van der Waals surface area contributed by atoms with Crippen LogP contribution in [-0.4, -0.2) is 45.9 Å². The van der Waals surface area contributed by atoms with Gasteiger partial charge in [-0.1, -0.05) is 23.9 Å². The summed E-state index contributed by atoms with van der Waals surface area (Å²) in [5.41, 5.74) is 4.33. The maximum absolute atomic E-state index is 13.3. The Hall–Kier alpha value is -1.92. The van der Waals surface area contributed by atoms with Crippen LogP contribution in [0.4, 0.5) is 4.39 Å². The van der Waals surface area contributed by atoms with Crippen LogP contribution in [0.1, 0.15) is 17.7 Å². The van der Waals surface area contributed by atoms with Gasteiger partial charge in [-0.3, -0.25) is 0 Å². The summed E-state index contributed by atoms with van der Waals surface area (Å²) in [6, 6.07) is 8.70. The zero-order chi connectivity index (χ0) is 15.8. The van der Waals surface area contributed by atoms with Crippen molar-refractivity contribution in [3.05, 3.63) is 53.6 Å². The van der Waals surface area contributed by atoms with E-state index in [-0.39, 0.29) is 5.82 Å². The van der Waals surface area contributed by atoms with Crippen LogP contribution in [-0.2, 0) is 0 Å². The summed E-state index contributed by atoms with van der Waals surface area (Å²) >= 11 is 1.54. The maximum Gasteiger partial charge on any atom is 0.187 e. The molecule has 0 bridgehead atoms. The molecule has 2 aliphatic heterocycles. The molecule has 0 aliphatic carbocycles. The van der Waals surface area contributed by atoms with E-state index in [2.05, 4.69) is 20.0 Å². The minimum Gasteiger partial charge on any atom is -0.303 e. The highest BCUT2D eigenvalue weighted by Gasteiger charge is 2.35. The van der Waals surface area contributed by atoms with Gasteiger partial charge >= 0.3 is 0 Å². The highest BCUT2D eigenvalue weighted by Crippen LogP contribution is 2.38. The number of halogens is 1. The summed E-state index contributed by atoms with van der Waals surface area (Å²) in [4.78, 5) is 8.95. The molecule has 2 aliphatic rings. The van der Waals surface area contributed by atoms with E-state index in [1.807, 2.05) is 30.7 Å². The summed E-state index contributed by atoms with van der Waals surface area (Å²) in [7, 11) is 0. The van der Waals surface area contributed by atoms with Gasteiger partial charge in [0.25, 0.3) is 0 Å². The van der Waals surface area contributed by atoms with Gasteiger partial charge in [0.2, 0.25) is 0 Å². The SMILES string of the molecule is CSc1nccc(C2=C(c3ccc(F)cc3)CN3CCCN23)n1. The molecule has 0 spiro atoms. The lowest BCUT2D eigenvalue weighted by molar-refractivity contribution is 0.129. The fourth-order valence-corrected chi connectivity index (χ4v) is 3.59. The van der Waals surface area contributed by atoms with E-state index < -0.39 is 0 Å². The number of hydrogen-bond acceptors (Lipinski definition) is 5. The number of fused-ring (bicyclic) bond motifs is 1. The van der Waals surface area contributed by atoms with Gasteiger partial charge in [-0.25, -0.2) is 19.4 Å². The minimum absolute atomic E-state index is 0.207. The predicted octanol–water partition coefficient (Wildman–Crippen LogP) is 3.14. The zero-order valence-electron chi connectivity index (χ0n) is 12.9. The minimum atomic E-state index is -0.207. The average molecular weight is 328 g/mol. The van der Waals surface area contributed by atoms with E-state index in [0.717, 1.165) is 48.2 Å². The normalized spacial score (nSPS) is 17.9. The van der Waals surface area contributed by atoms with Gasteiger partial charge in [-0.2, -0.15) is 0 Å². The second-order valence-corrected chi connectivity index (χ2v) is 6.40. The third kappa shape index (κ3) is 2.62. The Labute approximate surface area is 139 Å². The fraction of sp³-hybridized carbons (Fsp3) is 0.294. The Morgan fingerprint density at radius 3 is 2.74 bits per heavy atom. The zero-order valence-corrected chi connectivity index (χ0v) is 13.7. The summed E-state index contributed by atoms with van der Waals surface area (Å²) in [6.45, 7) is 2.90. The first-order valence-electron chi connectivity index (χ1n) is 7.65. The summed E-state index contributed by atoms with van der Waals surface area (Å²) in [5.74, 6) is -0.207. The Bertz CT molecular complexity index is 759. The molecule has 23 heavy (non-hydrogen) atoms. The molecule has 0 unspecified atom stereocenters. The molecule has 4 nitrogen and oxygen atoms in total. The van der Waals surface area contributed by atoms with Gasteiger partial charge in [0, 0.05) is 31.4 Å². The molecule has 0 radical (unpaired) electrons. The quantitative estimate of drug-likeness (QED) is 0.638. The molecule has 0 saturated carbocycles. The summed E-state index contributed by atoms with van der Waals surface area (Å²) in [6.07, 6.45) is 4.94. The van der Waals surface area contributed by atoms with E-state index in [1.54, 1.807) is 0 Å². The van der Waals surface area contributed by atoms with E-state index in [0.29, 0.717) is 0 Å². The number of hydrazine groups is 1. The molecule has 2 aromatic rings. The van der Waals surface area contributed by atoms with E-state index in [1.165, 1.54) is 29.5 Å². The smallest absolute Gasteiger partial charge is 0.187 e. The standard InChI is InChI=1S/C17H17FN4S/c1-23-17-19-8-7-15(20-17)16-14(11-21-9-2-10-22(16)21)12-3-5-13(18)6-4-12/h3-8H,2,9-11H2,1H3. The van der Waals surface area contributed by atoms with Crippen LogP contribution in [0.5, 0.6) is 0 Å². The number of nitrogens with zero attached hydrogens (tertiary/aromatic N) is 4. The molecule has 0 N–H and O–H groups in total.